The average molecular weight is 195 g/mol. The van der Waals surface area contributed by atoms with Crippen LogP contribution < -0.4 is 34.7 Å². The molecule has 0 saturated carbocycles. The van der Waals surface area contributed by atoms with Gasteiger partial charge in [0, 0.05) is 17.1 Å². The summed E-state index contributed by atoms with van der Waals surface area (Å²) in [6.07, 6.45) is 1.30. The van der Waals surface area contributed by atoms with Crippen LogP contribution >= 0.6 is 0 Å². The molecule has 0 unspecified atom stereocenters. The van der Waals surface area contributed by atoms with E-state index < -0.39 is 5.97 Å². The Labute approximate surface area is 103 Å². The standard InChI is InChI=1S/C10H7NO2.Na/c12-10(13)8-5-7-3-1-2-4-9(7)11-6-8;/h1-6H,(H,12,13);/q;+1/p-1. The second kappa shape index (κ2) is 4.55. The molecule has 64 valence electrons. The number of pyridine rings is 1. The van der Waals surface area contributed by atoms with E-state index in [-0.39, 0.29) is 35.1 Å². The molecule has 14 heavy (non-hydrogen) atoms. The van der Waals surface area contributed by atoms with Crippen LogP contribution in [-0.4, -0.2) is 11.0 Å². The summed E-state index contributed by atoms with van der Waals surface area (Å²) in [6, 6.07) is 8.89. The van der Waals surface area contributed by atoms with Gasteiger partial charge >= 0.3 is 29.6 Å². The first-order chi connectivity index (χ1) is 6.27. The summed E-state index contributed by atoms with van der Waals surface area (Å²) in [5, 5.41) is 11.3. The number of hydrogen-bond donors (Lipinski definition) is 0. The van der Waals surface area contributed by atoms with Gasteiger partial charge in [-0.25, -0.2) is 0 Å². The Kier molecular flexibility index (Phi) is 3.63. The molecule has 0 aliphatic rings. The Morgan fingerprint density at radius 3 is 2.71 bits per heavy atom. The summed E-state index contributed by atoms with van der Waals surface area (Å²) in [4.78, 5) is 14.5. The van der Waals surface area contributed by atoms with Crippen LogP contribution in [0.5, 0.6) is 0 Å². The van der Waals surface area contributed by atoms with Gasteiger partial charge in [-0.3, -0.25) is 4.98 Å². The predicted molar refractivity (Wildman–Crippen MR) is 46.1 cm³/mol. The molecule has 0 saturated heterocycles. The zero-order chi connectivity index (χ0) is 9.26. The predicted octanol–water partition coefficient (Wildman–Crippen LogP) is -2.40. The topological polar surface area (TPSA) is 53.0 Å². The summed E-state index contributed by atoms with van der Waals surface area (Å²) in [7, 11) is 0. The molecule has 0 amide bonds. The van der Waals surface area contributed by atoms with E-state index in [0.717, 1.165) is 10.9 Å². The fraction of sp³-hybridized carbons (Fsp3) is 0. The van der Waals surface area contributed by atoms with Crippen molar-refractivity contribution >= 4 is 16.9 Å². The maximum atomic E-state index is 10.5. The van der Waals surface area contributed by atoms with Gasteiger partial charge < -0.3 is 9.90 Å². The van der Waals surface area contributed by atoms with Crippen molar-refractivity contribution in [3.05, 3.63) is 42.1 Å². The molecule has 1 heterocycles. The van der Waals surface area contributed by atoms with Gasteiger partial charge in [0.05, 0.1) is 11.5 Å². The molecule has 0 aliphatic heterocycles. The van der Waals surface area contributed by atoms with Gasteiger partial charge in [-0.05, 0) is 12.1 Å². The normalized spacial score (nSPS) is 9.43. The van der Waals surface area contributed by atoms with Gasteiger partial charge in [0.1, 0.15) is 0 Å². The Morgan fingerprint density at radius 1 is 1.29 bits per heavy atom. The SMILES string of the molecule is O=C([O-])c1cnc2ccccc2c1.[Na+]. The number of para-hydroxylation sites is 1. The van der Waals surface area contributed by atoms with E-state index >= 15 is 0 Å². The van der Waals surface area contributed by atoms with Crippen molar-refractivity contribution in [2.45, 2.75) is 0 Å². The van der Waals surface area contributed by atoms with Crippen molar-refractivity contribution in [3.8, 4) is 0 Å². The zero-order valence-electron chi connectivity index (χ0n) is 7.73. The third kappa shape index (κ3) is 2.12. The number of rotatable bonds is 1. The number of carbonyl (C=O) groups excluding carboxylic acids is 1. The van der Waals surface area contributed by atoms with Gasteiger partial charge in [0.2, 0.25) is 0 Å². The molecule has 0 bridgehead atoms. The van der Waals surface area contributed by atoms with Gasteiger partial charge in [0.25, 0.3) is 0 Å². The molecule has 1 aromatic carbocycles. The molecule has 0 aliphatic carbocycles. The number of carbonyl (C=O) groups is 1. The number of aromatic nitrogens is 1. The Hall–Kier alpha value is -0.900. The summed E-state index contributed by atoms with van der Waals surface area (Å²) < 4.78 is 0. The van der Waals surface area contributed by atoms with Crippen molar-refractivity contribution in [2.24, 2.45) is 0 Å². The molecule has 0 radical (unpaired) electrons. The third-order valence-electron chi connectivity index (χ3n) is 1.83. The van der Waals surface area contributed by atoms with E-state index in [1.807, 2.05) is 24.3 Å². The van der Waals surface area contributed by atoms with Crippen LogP contribution in [0.3, 0.4) is 0 Å². The van der Waals surface area contributed by atoms with Crippen LogP contribution in [0, 0.1) is 0 Å². The largest absolute Gasteiger partial charge is 1.00 e. The zero-order valence-corrected chi connectivity index (χ0v) is 9.73. The van der Waals surface area contributed by atoms with E-state index in [1.54, 1.807) is 6.07 Å². The van der Waals surface area contributed by atoms with Gasteiger partial charge in [-0.15, -0.1) is 0 Å². The first-order valence-electron chi connectivity index (χ1n) is 3.83. The second-order valence-corrected chi connectivity index (χ2v) is 2.70. The quantitative estimate of drug-likeness (QED) is 0.477. The molecular weight excluding hydrogens is 189 g/mol. The van der Waals surface area contributed by atoms with Crippen molar-refractivity contribution in [3.63, 3.8) is 0 Å². The molecule has 0 atom stereocenters. The Morgan fingerprint density at radius 2 is 2.00 bits per heavy atom. The number of carboxylic acids is 1. The van der Waals surface area contributed by atoms with Crippen molar-refractivity contribution in [1.82, 2.24) is 4.98 Å². The van der Waals surface area contributed by atoms with Gasteiger partial charge in [-0.2, -0.15) is 0 Å². The summed E-state index contributed by atoms with van der Waals surface area (Å²) in [6.45, 7) is 0. The number of nitrogens with zero attached hydrogens (tertiary/aromatic N) is 1. The average Bonchev–Trinajstić information content (AvgIpc) is 2.17. The maximum absolute atomic E-state index is 10.5. The van der Waals surface area contributed by atoms with Crippen LogP contribution in [0.2, 0.25) is 0 Å². The second-order valence-electron chi connectivity index (χ2n) is 2.70. The first-order valence-corrected chi connectivity index (χ1v) is 3.83. The molecule has 0 spiro atoms. The molecular formula is C10H6NNaO2. The molecule has 2 rings (SSSR count). The van der Waals surface area contributed by atoms with Gasteiger partial charge in [-0.1, -0.05) is 18.2 Å². The smallest absolute Gasteiger partial charge is 0.545 e. The number of fused-ring (bicyclic) bond motifs is 1. The molecule has 2 aromatic rings. The minimum absolute atomic E-state index is 0. The monoisotopic (exact) mass is 195 g/mol. The number of aromatic carboxylic acids is 1. The fourth-order valence-corrected chi connectivity index (χ4v) is 1.18. The van der Waals surface area contributed by atoms with Crippen LogP contribution in [0.4, 0.5) is 0 Å². The fourth-order valence-electron chi connectivity index (χ4n) is 1.18. The number of hydrogen-bond acceptors (Lipinski definition) is 3. The van der Waals surface area contributed by atoms with Crippen molar-refractivity contribution in [1.29, 1.82) is 0 Å². The molecule has 1 aromatic heterocycles. The summed E-state index contributed by atoms with van der Waals surface area (Å²) in [5.41, 5.74) is 0.895. The Bertz CT molecular complexity index is 470. The van der Waals surface area contributed by atoms with Gasteiger partial charge in [0.15, 0.2) is 0 Å². The van der Waals surface area contributed by atoms with Crippen LogP contribution in [-0.2, 0) is 0 Å². The molecule has 0 fully saturated rings. The minimum Gasteiger partial charge on any atom is -0.545 e. The summed E-state index contributed by atoms with van der Waals surface area (Å²) >= 11 is 0. The molecule has 4 heteroatoms. The van der Waals surface area contributed by atoms with E-state index in [1.165, 1.54) is 6.20 Å². The minimum atomic E-state index is -1.20. The molecule has 0 N–H and O–H groups in total. The van der Waals surface area contributed by atoms with E-state index in [4.69, 9.17) is 0 Å². The third-order valence-corrected chi connectivity index (χ3v) is 1.83. The van der Waals surface area contributed by atoms with Crippen LogP contribution in [0.15, 0.2) is 36.5 Å². The number of carboxylic acid groups (broad SMARTS) is 1. The van der Waals surface area contributed by atoms with Crippen molar-refractivity contribution < 1.29 is 39.5 Å². The Balaban J connectivity index is 0.000000980. The number of benzene rings is 1. The summed E-state index contributed by atoms with van der Waals surface area (Å²) in [5.74, 6) is -1.20. The first kappa shape index (κ1) is 11.2. The van der Waals surface area contributed by atoms with E-state index in [9.17, 15) is 9.90 Å². The van der Waals surface area contributed by atoms with E-state index in [2.05, 4.69) is 4.98 Å². The van der Waals surface area contributed by atoms with Crippen LogP contribution in [0.25, 0.3) is 10.9 Å². The van der Waals surface area contributed by atoms with E-state index in [0.29, 0.717) is 0 Å². The van der Waals surface area contributed by atoms with Crippen LogP contribution in [0.1, 0.15) is 10.4 Å². The maximum Gasteiger partial charge on any atom is 1.00 e. The van der Waals surface area contributed by atoms with Crippen molar-refractivity contribution in [2.75, 3.05) is 0 Å². The molecule has 3 nitrogen and oxygen atoms in total.